The third-order valence-corrected chi connectivity index (χ3v) is 3.78. The zero-order chi connectivity index (χ0) is 18.5. The van der Waals surface area contributed by atoms with E-state index in [1.165, 1.54) is 11.1 Å². The maximum atomic E-state index is 12.6. The lowest BCUT2D eigenvalue weighted by Crippen LogP contribution is -2.14. The molecule has 6 nitrogen and oxygen atoms in total. The Balaban J connectivity index is 1.88. The van der Waals surface area contributed by atoms with Crippen LogP contribution in [0.3, 0.4) is 0 Å². The van der Waals surface area contributed by atoms with Crippen LogP contribution in [-0.4, -0.2) is 25.8 Å². The van der Waals surface area contributed by atoms with Crippen molar-refractivity contribution in [3.05, 3.63) is 65.3 Å². The smallest absolute Gasteiger partial charge is 0.260 e. The first-order valence-electron chi connectivity index (χ1n) is 8.40. The van der Waals surface area contributed by atoms with Gasteiger partial charge in [-0.1, -0.05) is 23.3 Å². The van der Waals surface area contributed by atoms with E-state index < -0.39 is 0 Å². The number of aromatic amines is 1. The van der Waals surface area contributed by atoms with Gasteiger partial charge in [0, 0.05) is 12.4 Å². The highest BCUT2D eigenvalue weighted by atomic mass is 16.1. The zero-order valence-corrected chi connectivity index (χ0v) is 15.1. The molecule has 0 atom stereocenters. The maximum absolute atomic E-state index is 12.6. The van der Waals surface area contributed by atoms with Crippen LogP contribution in [0.1, 0.15) is 43.4 Å². The molecule has 0 saturated carbocycles. The summed E-state index contributed by atoms with van der Waals surface area (Å²) in [5.74, 6) is 0.712. The molecule has 0 bridgehead atoms. The van der Waals surface area contributed by atoms with Gasteiger partial charge in [0.15, 0.2) is 0 Å². The Hall–Kier alpha value is -3.28. The van der Waals surface area contributed by atoms with Crippen LogP contribution in [0.5, 0.6) is 0 Å². The Morgan fingerprint density at radius 2 is 1.92 bits per heavy atom. The van der Waals surface area contributed by atoms with Crippen LogP contribution >= 0.6 is 0 Å². The highest BCUT2D eigenvalue weighted by Crippen LogP contribution is 2.19. The average Bonchev–Trinajstić information content (AvgIpc) is 3.03. The Morgan fingerprint density at radius 3 is 2.65 bits per heavy atom. The van der Waals surface area contributed by atoms with Crippen molar-refractivity contribution in [3.8, 4) is 0 Å². The SMILES string of the molecule is CC(C)=CC/C(C)=C/c1nc2c(C(=O)Nc3ncccn3)cccc2[nH]1. The Morgan fingerprint density at radius 1 is 1.15 bits per heavy atom. The largest absolute Gasteiger partial charge is 0.338 e. The molecule has 2 N–H and O–H groups in total. The second-order valence-electron chi connectivity index (χ2n) is 6.33. The lowest BCUT2D eigenvalue weighted by Gasteiger charge is -2.03. The molecule has 1 aromatic carbocycles. The summed E-state index contributed by atoms with van der Waals surface area (Å²) in [6.45, 7) is 6.22. The predicted octanol–water partition coefficient (Wildman–Crippen LogP) is 4.36. The van der Waals surface area contributed by atoms with Crippen molar-refractivity contribution in [2.45, 2.75) is 27.2 Å². The highest BCUT2D eigenvalue weighted by Gasteiger charge is 2.14. The molecule has 1 amide bonds. The fourth-order valence-electron chi connectivity index (χ4n) is 2.49. The molecule has 26 heavy (non-hydrogen) atoms. The lowest BCUT2D eigenvalue weighted by atomic mass is 10.1. The number of H-pyrrole nitrogens is 1. The number of amides is 1. The van der Waals surface area contributed by atoms with Crippen LogP contribution in [0.15, 0.2) is 53.9 Å². The summed E-state index contributed by atoms with van der Waals surface area (Å²) in [7, 11) is 0. The number of anilines is 1. The maximum Gasteiger partial charge on any atom is 0.260 e. The van der Waals surface area contributed by atoms with Crippen molar-refractivity contribution in [1.29, 1.82) is 0 Å². The molecular formula is C20H21N5O. The third kappa shape index (κ3) is 4.22. The fourth-order valence-corrected chi connectivity index (χ4v) is 2.49. The van der Waals surface area contributed by atoms with E-state index in [2.05, 4.69) is 52.1 Å². The van der Waals surface area contributed by atoms with E-state index >= 15 is 0 Å². The van der Waals surface area contributed by atoms with Crippen LogP contribution in [0.4, 0.5) is 5.95 Å². The lowest BCUT2D eigenvalue weighted by molar-refractivity contribution is 0.102. The van der Waals surface area contributed by atoms with Crippen LogP contribution < -0.4 is 5.32 Å². The van der Waals surface area contributed by atoms with Gasteiger partial charge in [0.2, 0.25) is 5.95 Å². The number of fused-ring (bicyclic) bond motifs is 1. The number of nitrogens with one attached hydrogen (secondary N) is 2. The molecule has 0 unspecified atom stereocenters. The molecule has 0 radical (unpaired) electrons. The summed E-state index contributed by atoms with van der Waals surface area (Å²) in [4.78, 5) is 28.4. The number of imidazole rings is 1. The first kappa shape index (κ1) is 17.5. The van der Waals surface area contributed by atoms with Crippen molar-refractivity contribution in [3.63, 3.8) is 0 Å². The van der Waals surface area contributed by atoms with Crippen molar-refractivity contribution in [1.82, 2.24) is 19.9 Å². The van der Waals surface area contributed by atoms with Crippen LogP contribution in [0.2, 0.25) is 0 Å². The van der Waals surface area contributed by atoms with Crippen LogP contribution in [0, 0.1) is 0 Å². The Bertz CT molecular complexity index is 982. The minimum atomic E-state index is -0.287. The van der Waals surface area contributed by atoms with E-state index in [0.29, 0.717) is 11.1 Å². The molecule has 0 spiro atoms. The first-order valence-corrected chi connectivity index (χ1v) is 8.40. The molecule has 3 aromatic rings. The van der Waals surface area contributed by atoms with Gasteiger partial charge >= 0.3 is 0 Å². The van der Waals surface area contributed by atoms with Crippen molar-refractivity contribution < 1.29 is 4.79 Å². The normalized spacial score (nSPS) is 11.4. The molecule has 0 aliphatic rings. The van der Waals surface area contributed by atoms with Gasteiger partial charge in [-0.25, -0.2) is 15.0 Å². The van der Waals surface area contributed by atoms with Gasteiger partial charge < -0.3 is 4.98 Å². The van der Waals surface area contributed by atoms with Gasteiger partial charge in [-0.15, -0.1) is 0 Å². The van der Waals surface area contributed by atoms with E-state index in [1.54, 1.807) is 24.5 Å². The number of hydrogen-bond acceptors (Lipinski definition) is 4. The summed E-state index contributed by atoms with van der Waals surface area (Å²) in [6.07, 6.45) is 8.21. The average molecular weight is 347 g/mol. The number of hydrogen-bond donors (Lipinski definition) is 2. The Labute approximate surface area is 152 Å². The number of allylic oxidation sites excluding steroid dienone is 3. The van der Waals surface area contributed by atoms with Crippen molar-refractivity contribution in [2.75, 3.05) is 5.32 Å². The van der Waals surface area contributed by atoms with E-state index in [-0.39, 0.29) is 11.9 Å². The molecule has 0 aliphatic heterocycles. The van der Waals surface area contributed by atoms with Crippen LogP contribution in [-0.2, 0) is 0 Å². The minimum Gasteiger partial charge on any atom is -0.338 e. The van der Waals surface area contributed by atoms with Gasteiger partial charge in [0.1, 0.15) is 11.3 Å². The number of nitrogens with zero attached hydrogens (tertiary/aromatic N) is 3. The van der Waals surface area contributed by atoms with Gasteiger partial charge in [-0.2, -0.15) is 0 Å². The first-order chi connectivity index (χ1) is 12.5. The fraction of sp³-hybridized carbons (Fsp3) is 0.200. The van der Waals surface area contributed by atoms with Crippen molar-refractivity contribution >= 4 is 29.0 Å². The second-order valence-corrected chi connectivity index (χ2v) is 6.33. The number of benzene rings is 1. The van der Waals surface area contributed by atoms with E-state index in [1.807, 2.05) is 18.2 Å². The number of carbonyl (C=O) groups is 1. The summed E-state index contributed by atoms with van der Waals surface area (Å²) in [5, 5.41) is 2.69. The van der Waals surface area contributed by atoms with Gasteiger partial charge in [0.05, 0.1) is 11.1 Å². The Kier molecular flexibility index (Phi) is 5.22. The molecule has 132 valence electrons. The zero-order valence-electron chi connectivity index (χ0n) is 15.1. The number of carbonyl (C=O) groups excluding carboxylic acids is 1. The summed E-state index contributed by atoms with van der Waals surface area (Å²) < 4.78 is 0. The standard InChI is InChI=1S/C20H21N5O/c1-13(2)8-9-14(3)12-17-23-16-7-4-6-15(18(16)24-17)19(26)25-20-21-10-5-11-22-20/h4-8,10-12H,9H2,1-3H3,(H,23,24)(H,21,22,25,26)/b14-12+. The highest BCUT2D eigenvalue weighted by molar-refractivity contribution is 6.11. The van der Waals surface area contributed by atoms with E-state index in [9.17, 15) is 4.79 Å². The molecule has 2 aromatic heterocycles. The topological polar surface area (TPSA) is 83.6 Å². The molecule has 0 fully saturated rings. The summed E-state index contributed by atoms with van der Waals surface area (Å²) in [6, 6.07) is 7.16. The monoisotopic (exact) mass is 347 g/mol. The summed E-state index contributed by atoms with van der Waals surface area (Å²) >= 11 is 0. The van der Waals surface area contributed by atoms with E-state index in [0.717, 1.165) is 17.8 Å². The number of para-hydroxylation sites is 1. The molecule has 3 rings (SSSR count). The molecule has 0 saturated heterocycles. The van der Waals surface area contributed by atoms with Crippen molar-refractivity contribution in [2.24, 2.45) is 0 Å². The van der Waals surface area contributed by atoms with Gasteiger partial charge in [-0.3, -0.25) is 10.1 Å². The number of rotatable bonds is 5. The molecule has 2 heterocycles. The molecular weight excluding hydrogens is 326 g/mol. The summed E-state index contributed by atoms with van der Waals surface area (Å²) in [5.41, 5.74) is 4.39. The minimum absolute atomic E-state index is 0.266. The van der Waals surface area contributed by atoms with E-state index in [4.69, 9.17) is 0 Å². The van der Waals surface area contributed by atoms with Gasteiger partial charge in [0.25, 0.3) is 5.91 Å². The third-order valence-electron chi connectivity index (χ3n) is 3.78. The van der Waals surface area contributed by atoms with Gasteiger partial charge in [-0.05, 0) is 51.5 Å². The molecule has 0 aliphatic carbocycles. The quantitative estimate of drug-likeness (QED) is 0.672. The predicted molar refractivity (Wildman–Crippen MR) is 104 cm³/mol. The molecule has 6 heteroatoms. The second kappa shape index (κ2) is 7.74. The van der Waals surface area contributed by atoms with Crippen LogP contribution in [0.25, 0.3) is 17.1 Å². The number of aromatic nitrogens is 4.